The highest BCUT2D eigenvalue weighted by Crippen LogP contribution is 2.18. The number of rotatable bonds is 6. The highest BCUT2D eigenvalue weighted by Gasteiger charge is 2.20. The SMILES string of the molecule is CCNC(=NCc1nc(C)c(C)s1)NC1CCN(Cc2ccc(Cl)cc2)CC1. The van der Waals surface area contributed by atoms with E-state index in [9.17, 15) is 0 Å². The van der Waals surface area contributed by atoms with Crippen LogP contribution in [0.3, 0.4) is 0 Å². The summed E-state index contributed by atoms with van der Waals surface area (Å²) in [7, 11) is 0. The van der Waals surface area contributed by atoms with Gasteiger partial charge in [0.25, 0.3) is 0 Å². The molecule has 7 heteroatoms. The molecule has 3 rings (SSSR count). The summed E-state index contributed by atoms with van der Waals surface area (Å²) in [6.45, 7) is 10.9. The van der Waals surface area contributed by atoms with Crippen LogP contribution in [0.25, 0.3) is 0 Å². The number of halogens is 1. The van der Waals surface area contributed by atoms with Crippen LogP contribution in [0.1, 0.15) is 40.9 Å². The summed E-state index contributed by atoms with van der Waals surface area (Å²) in [6.07, 6.45) is 2.24. The average Bonchev–Trinajstić information content (AvgIpc) is 3.01. The van der Waals surface area contributed by atoms with E-state index < -0.39 is 0 Å². The third-order valence-electron chi connectivity index (χ3n) is 5.04. The van der Waals surface area contributed by atoms with E-state index in [1.54, 1.807) is 11.3 Å². The second-order valence-corrected chi connectivity index (χ2v) is 8.99. The normalized spacial score (nSPS) is 16.4. The molecule has 0 unspecified atom stereocenters. The van der Waals surface area contributed by atoms with Gasteiger partial charge in [-0.15, -0.1) is 11.3 Å². The van der Waals surface area contributed by atoms with E-state index in [4.69, 9.17) is 16.6 Å². The van der Waals surface area contributed by atoms with Crippen molar-refractivity contribution in [2.24, 2.45) is 4.99 Å². The van der Waals surface area contributed by atoms with E-state index in [1.165, 1.54) is 10.4 Å². The Morgan fingerprint density at radius 2 is 1.96 bits per heavy atom. The van der Waals surface area contributed by atoms with Crippen LogP contribution in [0.4, 0.5) is 0 Å². The summed E-state index contributed by atoms with van der Waals surface area (Å²) >= 11 is 7.71. The number of likely N-dealkylation sites (tertiary alicyclic amines) is 1. The molecule has 2 N–H and O–H groups in total. The standard InChI is InChI=1S/C21H30ClN5S/c1-4-23-21(24-13-20-25-15(2)16(3)28-20)26-19-9-11-27(12-10-19)14-17-5-7-18(22)8-6-17/h5-8,19H,4,9-14H2,1-3H3,(H2,23,24,26). The first-order valence-corrected chi connectivity index (χ1v) is 11.2. The molecule has 152 valence electrons. The molecule has 28 heavy (non-hydrogen) atoms. The second-order valence-electron chi connectivity index (χ2n) is 7.27. The minimum atomic E-state index is 0.457. The number of hydrogen-bond donors (Lipinski definition) is 2. The number of benzene rings is 1. The highest BCUT2D eigenvalue weighted by atomic mass is 35.5. The van der Waals surface area contributed by atoms with Gasteiger partial charge >= 0.3 is 0 Å². The van der Waals surface area contributed by atoms with Gasteiger partial charge < -0.3 is 10.6 Å². The number of guanidine groups is 1. The summed E-state index contributed by atoms with van der Waals surface area (Å²) < 4.78 is 0. The highest BCUT2D eigenvalue weighted by molar-refractivity contribution is 7.11. The Hall–Kier alpha value is -1.63. The van der Waals surface area contributed by atoms with Crippen LogP contribution in [-0.2, 0) is 13.1 Å². The van der Waals surface area contributed by atoms with Gasteiger partial charge in [-0.2, -0.15) is 0 Å². The number of aromatic nitrogens is 1. The fourth-order valence-corrected chi connectivity index (χ4v) is 4.33. The zero-order valence-corrected chi connectivity index (χ0v) is 18.5. The van der Waals surface area contributed by atoms with E-state index in [0.29, 0.717) is 12.6 Å². The number of nitrogens with zero attached hydrogens (tertiary/aromatic N) is 3. The van der Waals surface area contributed by atoms with Gasteiger partial charge in [0.15, 0.2) is 5.96 Å². The zero-order valence-electron chi connectivity index (χ0n) is 17.0. The van der Waals surface area contributed by atoms with Crippen molar-refractivity contribution < 1.29 is 0 Å². The molecule has 0 atom stereocenters. The maximum absolute atomic E-state index is 5.98. The van der Waals surface area contributed by atoms with Gasteiger partial charge in [0.2, 0.25) is 0 Å². The molecule has 1 aliphatic heterocycles. The number of nitrogens with one attached hydrogen (secondary N) is 2. The van der Waals surface area contributed by atoms with Crippen molar-refractivity contribution in [3.63, 3.8) is 0 Å². The molecule has 1 aromatic carbocycles. The summed E-state index contributed by atoms with van der Waals surface area (Å²) in [5.74, 6) is 0.893. The van der Waals surface area contributed by atoms with Gasteiger partial charge in [-0.25, -0.2) is 9.98 Å². The van der Waals surface area contributed by atoms with Gasteiger partial charge in [0.1, 0.15) is 5.01 Å². The van der Waals surface area contributed by atoms with E-state index in [1.807, 2.05) is 12.1 Å². The Bertz CT molecular complexity index is 759. The van der Waals surface area contributed by atoms with Crippen LogP contribution in [-0.4, -0.2) is 41.5 Å². The average molecular weight is 420 g/mol. The molecule has 2 heterocycles. The molecular formula is C21H30ClN5S. The summed E-state index contributed by atoms with van der Waals surface area (Å²) in [4.78, 5) is 13.1. The maximum atomic E-state index is 5.98. The third-order valence-corrected chi connectivity index (χ3v) is 6.35. The van der Waals surface area contributed by atoms with Gasteiger partial charge in [-0.3, -0.25) is 4.90 Å². The van der Waals surface area contributed by atoms with E-state index in [0.717, 1.165) is 60.7 Å². The quantitative estimate of drug-likeness (QED) is 0.546. The summed E-state index contributed by atoms with van der Waals surface area (Å²) in [6, 6.07) is 8.62. The molecular weight excluding hydrogens is 390 g/mol. The molecule has 1 aromatic heterocycles. The van der Waals surface area contributed by atoms with Gasteiger partial charge in [-0.05, 0) is 51.3 Å². The summed E-state index contributed by atoms with van der Waals surface area (Å²) in [5, 5.41) is 8.85. The van der Waals surface area contributed by atoms with Gasteiger partial charge in [-0.1, -0.05) is 23.7 Å². The predicted molar refractivity (Wildman–Crippen MR) is 119 cm³/mol. The summed E-state index contributed by atoms with van der Waals surface area (Å²) in [5.41, 5.74) is 2.43. The molecule has 0 bridgehead atoms. The number of thiazole rings is 1. The van der Waals surface area contributed by atoms with Crippen molar-refractivity contribution >= 4 is 28.9 Å². The third kappa shape index (κ3) is 6.19. The van der Waals surface area contributed by atoms with Crippen molar-refractivity contribution in [3.05, 3.63) is 50.4 Å². The number of hydrogen-bond acceptors (Lipinski definition) is 4. The Kier molecular flexibility index (Phi) is 7.71. The molecule has 1 saturated heterocycles. The number of aliphatic imine (C=N–C) groups is 1. The Morgan fingerprint density at radius 3 is 2.57 bits per heavy atom. The second kappa shape index (κ2) is 10.2. The van der Waals surface area contributed by atoms with Crippen LogP contribution in [0.15, 0.2) is 29.3 Å². The number of aryl methyl sites for hydroxylation is 2. The van der Waals surface area contributed by atoms with Crippen molar-refractivity contribution in [2.45, 2.75) is 52.7 Å². The maximum Gasteiger partial charge on any atom is 0.191 e. The Labute approximate surface area is 177 Å². The van der Waals surface area contributed by atoms with E-state index in [2.05, 4.69) is 53.4 Å². The van der Waals surface area contributed by atoms with Crippen LogP contribution in [0.5, 0.6) is 0 Å². The van der Waals surface area contributed by atoms with Crippen LogP contribution in [0.2, 0.25) is 5.02 Å². The first-order chi connectivity index (χ1) is 13.5. The Morgan fingerprint density at radius 1 is 1.25 bits per heavy atom. The molecule has 2 aromatic rings. The largest absolute Gasteiger partial charge is 0.357 e. The first-order valence-electron chi connectivity index (χ1n) is 9.98. The Balaban J connectivity index is 1.49. The minimum Gasteiger partial charge on any atom is -0.357 e. The molecule has 0 amide bonds. The van der Waals surface area contributed by atoms with Crippen molar-refractivity contribution in [1.29, 1.82) is 0 Å². The van der Waals surface area contributed by atoms with Crippen LogP contribution >= 0.6 is 22.9 Å². The van der Waals surface area contributed by atoms with Gasteiger partial charge in [0.05, 0.1) is 12.2 Å². The van der Waals surface area contributed by atoms with Crippen molar-refractivity contribution in [2.75, 3.05) is 19.6 Å². The van der Waals surface area contributed by atoms with E-state index >= 15 is 0 Å². The predicted octanol–water partition coefficient (Wildman–Crippen LogP) is 4.13. The lowest BCUT2D eigenvalue weighted by molar-refractivity contribution is 0.198. The number of piperidine rings is 1. The van der Waals surface area contributed by atoms with Crippen LogP contribution < -0.4 is 10.6 Å². The van der Waals surface area contributed by atoms with Crippen LogP contribution in [0, 0.1) is 13.8 Å². The fraction of sp³-hybridized carbons (Fsp3) is 0.524. The monoisotopic (exact) mass is 419 g/mol. The molecule has 5 nitrogen and oxygen atoms in total. The smallest absolute Gasteiger partial charge is 0.191 e. The van der Waals surface area contributed by atoms with Crippen molar-refractivity contribution in [3.8, 4) is 0 Å². The lowest BCUT2D eigenvalue weighted by Crippen LogP contribution is -2.48. The molecule has 0 radical (unpaired) electrons. The lowest BCUT2D eigenvalue weighted by atomic mass is 10.0. The van der Waals surface area contributed by atoms with Crippen molar-refractivity contribution in [1.82, 2.24) is 20.5 Å². The molecule has 1 aliphatic rings. The molecule has 0 saturated carbocycles. The first kappa shape index (κ1) is 21.1. The zero-order chi connectivity index (χ0) is 19.9. The molecule has 0 spiro atoms. The lowest BCUT2D eigenvalue weighted by Gasteiger charge is -2.33. The minimum absolute atomic E-state index is 0.457. The molecule has 1 fully saturated rings. The van der Waals surface area contributed by atoms with Gasteiger partial charge in [0, 0.05) is 42.1 Å². The fourth-order valence-electron chi connectivity index (χ4n) is 3.35. The topological polar surface area (TPSA) is 52.6 Å². The van der Waals surface area contributed by atoms with E-state index in [-0.39, 0.29) is 0 Å². The molecule has 0 aliphatic carbocycles.